The molecular formula is C22H22Cl2N2O3. The molecule has 1 N–H and O–H groups in total. The summed E-state index contributed by atoms with van der Waals surface area (Å²) >= 11 is 12.5. The summed E-state index contributed by atoms with van der Waals surface area (Å²) in [7, 11) is 0. The van der Waals surface area contributed by atoms with Crippen molar-refractivity contribution in [1.29, 1.82) is 0 Å². The van der Waals surface area contributed by atoms with E-state index < -0.39 is 0 Å². The van der Waals surface area contributed by atoms with Gasteiger partial charge < -0.3 is 9.94 Å². The van der Waals surface area contributed by atoms with E-state index in [1.165, 1.54) is 0 Å². The lowest BCUT2D eigenvalue weighted by Crippen LogP contribution is -2.24. The lowest BCUT2D eigenvalue weighted by Gasteiger charge is -2.25. The zero-order valence-corrected chi connectivity index (χ0v) is 17.6. The molecule has 1 aromatic carbocycles. The maximum Gasteiger partial charge on any atom is 0.168 e. The van der Waals surface area contributed by atoms with Crippen molar-refractivity contribution in [3.63, 3.8) is 0 Å². The summed E-state index contributed by atoms with van der Waals surface area (Å²) in [6, 6.07) is 5.41. The normalized spacial score (nSPS) is 17.7. The quantitative estimate of drug-likeness (QED) is 0.246. The van der Waals surface area contributed by atoms with Crippen molar-refractivity contribution in [1.82, 2.24) is 4.98 Å². The third-order valence-corrected chi connectivity index (χ3v) is 5.33. The average molecular weight is 433 g/mol. The molecule has 1 unspecified atom stereocenters. The van der Waals surface area contributed by atoms with Gasteiger partial charge in [-0.25, -0.2) is 0 Å². The van der Waals surface area contributed by atoms with Gasteiger partial charge in [-0.15, -0.1) is 0 Å². The smallest absolute Gasteiger partial charge is 0.168 e. The van der Waals surface area contributed by atoms with E-state index >= 15 is 0 Å². The van der Waals surface area contributed by atoms with Gasteiger partial charge in [0.1, 0.15) is 12.4 Å². The average Bonchev–Trinajstić information content (AvgIpc) is 2.67. The van der Waals surface area contributed by atoms with Crippen molar-refractivity contribution >= 4 is 45.6 Å². The topological polar surface area (TPSA) is 71.8 Å². The number of oxime groups is 1. The fraction of sp³-hybridized carbons (Fsp3) is 0.318. The van der Waals surface area contributed by atoms with Crippen LogP contribution in [0, 0.1) is 0 Å². The van der Waals surface area contributed by atoms with Gasteiger partial charge in [0.2, 0.25) is 0 Å². The maximum absolute atomic E-state index is 13.0. The molecule has 7 heteroatoms. The molecule has 0 bridgehead atoms. The SMILES string of the molecule is C=CCON=C(CCC)C1=C(O)CC(c2c(Cl)ccc3cc(Cl)cnc23)CC1=O. The number of hydrogen-bond acceptors (Lipinski definition) is 5. The van der Waals surface area contributed by atoms with Crippen LogP contribution in [0.4, 0.5) is 0 Å². The van der Waals surface area contributed by atoms with Crippen LogP contribution in [0.15, 0.2) is 53.5 Å². The molecule has 0 fully saturated rings. The highest BCUT2D eigenvalue weighted by Gasteiger charge is 2.33. The monoisotopic (exact) mass is 432 g/mol. The van der Waals surface area contributed by atoms with Gasteiger partial charge in [-0.3, -0.25) is 9.78 Å². The molecule has 0 amide bonds. The highest BCUT2D eigenvalue weighted by molar-refractivity contribution is 6.33. The molecule has 2 aromatic rings. The number of fused-ring (bicyclic) bond motifs is 1. The third-order valence-electron chi connectivity index (χ3n) is 4.80. The van der Waals surface area contributed by atoms with Gasteiger partial charge in [-0.2, -0.15) is 0 Å². The van der Waals surface area contributed by atoms with Crippen LogP contribution in [0.3, 0.4) is 0 Å². The minimum Gasteiger partial charge on any atom is -0.511 e. The Kier molecular flexibility index (Phi) is 6.93. The van der Waals surface area contributed by atoms with Crippen molar-refractivity contribution in [3.05, 3.63) is 64.0 Å². The summed E-state index contributed by atoms with van der Waals surface area (Å²) in [5, 5.41) is 16.7. The highest BCUT2D eigenvalue weighted by atomic mass is 35.5. The van der Waals surface area contributed by atoms with E-state index in [1.807, 2.05) is 13.0 Å². The summed E-state index contributed by atoms with van der Waals surface area (Å²) in [4.78, 5) is 22.6. The first kappa shape index (κ1) is 21.3. The lowest BCUT2D eigenvalue weighted by atomic mass is 9.80. The summed E-state index contributed by atoms with van der Waals surface area (Å²) in [6.45, 7) is 5.79. The highest BCUT2D eigenvalue weighted by Crippen LogP contribution is 2.40. The van der Waals surface area contributed by atoms with E-state index in [1.54, 1.807) is 24.4 Å². The zero-order valence-electron chi connectivity index (χ0n) is 16.1. The lowest BCUT2D eigenvalue weighted by molar-refractivity contribution is -0.116. The summed E-state index contributed by atoms with van der Waals surface area (Å²) in [5.74, 6) is -0.467. The van der Waals surface area contributed by atoms with Crippen LogP contribution < -0.4 is 0 Å². The molecule has 0 spiro atoms. The standard InChI is InChI=1S/C22H22Cl2N2O3/c1-3-5-17(26-29-8-4-2)21-18(27)10-14(11-19(21)28)20-16(24)7-6-13-9-15(23)12-25-22(13)20/h4,6-7,9,12,14,27H,2-3,5,8,10-11H2,1H3. The van der Waals surface area contributed by atoms with Crippen LogP contribution in [-0.4, -0.2) is 28.2 Å². The number of carbonyl (C=O) groups excluding carboxylic acids is 1. The Morgan fingerprint density at radius 2 is 2.21 bits per heavy atom. The molecular weight excluding hydrogens is 411 g/mol. The van der Waals surface area contributed by atoms with Crippen LogP contribution in [0.5, 0.6) is 0 Å². The molecule has 0 radical (unpaired) electrons. The second kappa shape index (κ2) is 9.42. The van der Waals surface area contributed by atoms with Crippen LogP contribution in [0.25, 0.3) is 10.9 Å². The van der Waals surface area contributed by atoms with Gasteiger partial charge in [-0.1, -0.05) is 60.4 Å². The minimum atomic E-state index is -0.284. The van der Waals surface area contributed by atoms with Crippen molar-refractivity contribution in [2.24, 2.45) is 5.16 Å². The summed E-state index contributed by atoms with van der Waals surface area (Å²) < 4.78 is 0. The fourth-order valence-corrected chi connectivity index (χ4v) is 4.08. The molecule has 1 atom stereocenters. The van der Waals surface area contributed by atoms with Gasteiger partial charge in [0.15, 0.2) is 5.78 Å². The van der Waals surface area contributed by atoms with E-state index in [2.05, 4.69) is 16.7 Å². The van der Waals surface area contributed by atoms with Gasteiger partial charge in [-0.05, 0) is 18.6 Å². The number of halogens is 2. The van der Waals surface area contributed by atoms with E-state index in [4.69, 9.17) is 28.0 Å². The number of carbonyl (C=O) groups is 1. The first-order valence-electron chi connectivity index (χ1n) is 9.45. The minimum absolute atomic E-state index is 0.00249. The summed E-state index contributed by atoms with van der Waals surface area (Å²) in [6.07, 6.45) is 4.90. The third kappa shape index (κ3) is 4.62. The largest absolute Gasteiger partial charge is 0.511 e. The number of ketones is 1. The maximum atomic E-state index is 13.0. The van der Waals surface area contributed by atoms with Crippen molar-refractivity contribution < 1.29 is 14.7 Å². The zero-order chi connectivity index (χ0) is 21.0. The van der Waals surface area contributed by atoms with Crippen LogP contribution in [0.2, 0.25) is 10.0 Å². The van der Waals surface area contributed by atoms with Gasteiger partial charge in [0.25, 0.3) is 0 Å². The summed E-state index contributed by atoms with van der Waals surface area (Å²) in [5.41, 5.74) is 2.15. The molecule has 0 saturated carbocycles. The molecule has 0 saturated heterocycles. The fourth-order valence-electron chi connectivity index (χ4n) is 3.61. The Labute approximate surface area is 179 Å². The number of nitrogens with zero attached hydrogens (tertiary/aromatic N) is 2. The van der Waals surface area contributed by atoms with Gasteiger partial charge in [0.05, 0.1) is 21.8 Å². The Morgan fingerprint density at radius 3 is 2.90 bits per heavy atom. The van der Waals surface area contributed by atoms with Crippen LogP contribution in [-0.2, 0) is 9.63 Å². The number of hydrogen-bond donors (Lipinski definition) is 1. The Bertz CT molecular complexity index is 1010. The molecule has 152 valence electrons. The first-order valence-corrected chi connectivity index (χ1v) is 10.2. The molecule has 3 rings (SSSR count). The number of aliphatic hydroxyl groups is 1. The molecule has 1 aromatic heterocycles. The van der Waals surface area contributed by atoms with E-state index in [-0.39, 0.29) is 42.5 Å². The van der Waals surface area contributed by atoms with Crippen molar-refractivity contribution in [2.75, 3.05) is 6.61 Å². The number of benzene rings is 1. The second-order valence-electron chi connectivity index (χ2n) is 6.91. The first-order chi connectivity index (χ1) is 14.0. The Morgan fingerprint density at radius 1 is 1.41 bits per heavy atom. The molecule has 29 heavy (non-hydrogen) atoms. The number of pyridine rings is 1. The predicted molar refractivity (Wildman–Crippen MR) is 117 cm³/mol. The number of aliphatic hydroxyl groups excluding tert-OH is 1. The number of aromatic nitrogens is 1. The van der Waals surface area contributed by atoms with Gasteiger partial charge >= 0.3 is 0 Å². The number of allylic oxidation sites excluding steroid dienone is 2. The van der Waals surface area contributed by atoms with E-state index in [9.17, 15) is 9.90 Å². The van der Waals surface area contributed by atoms with Gasteiger partial charge in [0, 0.05) is 40.9 Å². The van der Waals surface area contributed by atoms with E-state index in [0.717, 1.165) is 17.4 Å². The van der Waals surface area contributed by atoms with Crippen LogP contribution in [0.1, 0.15) is 44.1 Å². The number of rotatable bonds is 7. The Balaban J connectivity index is 2.00. The molecule has 5 nitrogen and oxygen atoms in total. The number of Topliss-reactive ketones (excluding diaryl/α,β-unsaturated/α-hetero) is 1. The second-order valence-corrected chi connectivity index (χ2v) is 7.75. The molecule has 0 aliphatic heterocycles. The van der Waals surface area contributed by atoms with Crippen molar-refractivity contribution in [3.8, 4) is 0 Å². The molecule has 1 aliphatic carbocycles. The molecule has 1 heterocycles. The van der Waals surface area contributed by atoms with E-state index in [0.29, 0.717) is 27.7 Å². The predicted octanol–water partition coefficient (Wildman–Crippen LogP) is 6.16. The van der Waals surface area contributed by atoms with Crippen molar-refractivity contribution in [2.45, 2.75) is 38.5 Å². The molecule has 1 aliphatic rings. The Hall–Kier alpha value is -2.37. The van der Waals surface area contributed by atoms with Crippen LogP contribution >= 0.6 is 23.2 Å².